The lowest BCUT2D eigenvalue weighted by atomic mass is 9.88. The second-order valence-electron chi connectivity index (χ2n) is 7.20. The predicted octanol–water partition coefficient (Wildman–Crippen LogP) is 5.29. The van der Waals surface area contributed by atoms with Crippen LogP contribution < -0.4 is 5.73 Å². The lowest BCUT2D eigenvalue weighted by molar-refractivity contribution is 0.481. The fourth-order valence-electron chi connectivity index (χ4n) is 3.64. The molecule has 0 amide bonds. The molecule has 0 saturated heterocycles. The normalized spacial score (nSPS) is 20.1. The quantitative estimate of drug-likeness (QED) is 0.686. The molecule has 0 aliphatic carbocycles. The Bertz CT molecular complexity index is 963. The van der Waals surface area contributed by atoms with Gasteiger partial charge in [-0.05, 0) is 53.6 Å². The van der Waals surface area contributed by atoms with E-state index in [-0.39, 0.29) is 5.54 Å². The third-order valence-corrected chi connectivity index (χ3v) is 6.06. The van der Waals surface area contributed by atoms with E-state index >= 15 is 0 Å². The molecule has 0 aromatic heterocycles. The van der Waals surface area contributed by atoms with Crippen LogP contribution in [0.4, 0.5) is 0 Å². The summed E-state index contributed by atoms with van der Waals surface area (Å²) >= 11 is 1.66. The number of thioether (sulfide) groups is 1. The highest BCUT2D eigenvalue weighted by Crippen LogP contribution is 2.35. The Labute approximate surface area is 159 Å². The van der Waals surface area contributed by atoms with E-state index in [1.807, 2.05) is 0 Å². The minimum Gasteiger partial charge on any atom is -0.379 e. The van der Waals surface area contributed by atoms with E-state index in [1.54, 1.807) is 11.8 Å². The number of nitrogens with zero attached hydrogens (tertiary/aromatic N) is 1. The van der Waals surface area contributed by atoms with Crippen molar-refractivity contribution in [1.82, 2.24) is 0 Å². The van der Waals surface area contributed by atoms with Gasteiger partial charge in [0.1, 0.15) is 0 Å². The van der Waals surface area contributed by atoms with E-state index in [4.69, 9.17) is 10.7 Å². The molecule has 1 heterocycles. The summed E-state index contributed by atoms with van der Waals surface area (Å²) < 4.78 is 0. The van der Waals surface area contributed by atoms with Crippen LogP contribution in [0.15, 0.2) is 71.7 Å². The van der Waals surface area contributed by atoms with Crippen molar-refractivity contribution in [2.24, 2.45) is 10.7 Å². The lowest BCUT2D eigenvalue weighted by Gasteiger charge is -2.30. The molecule has 1 aliphatic rings. The van der Waals surface area contributed by atoms with Gasteiger partial charge in [-0.2, -0.15) is 0 Å². The maximum atomic E-state index is 5.98. The molecule has 0 radical (unpaired) electrons. The number of nitrogens with two attached hydrogens (primary N) is 1. The number of hydrogen-bond donors (Lipinski definition) is 1. The monoisotopic (exact) mass is 360 g/mol. The van der Waals surface area contributed by atoms with Crippen LogP contribution in [0.1, 0.15) is 30.0 Å². The summed E-state index contributed by atoms with van der Waals surface area (Å²) in [6, 6.07) is 24.2. The lowest BCUT2D eigenvalue weighted by Crippen LogP contribution is -2.28. The molecule has 132 valence electrons. The molecule has 0 fully saturated rings. The second kappa shape index (κ2) is 7.16. The molecular weight excluding hydrogens is 336 g/mol. The molecule has 1 unspecified atom stereocenters. The van der Waals surface area contributed by atoms with Crippen molar-refractivity contribution in [2.75, 3.05) is 5.75 Å². The number of aryl methyl sites for hydroxylation is 2. The molecule has 4 rings (SSSR count). The third kappa shape index (κ3) is 3.63. The van der Waals surface area contributed by atoms with Crippen LogP contribution in [-0.4, -0.2) is 10.9 Å². The molecule has 1 atom stereocenters. The van der Waals surface area contributed by atoms with Crippen LogP contribution in [0.25, 0.3) is 10.8 Å². The minimum absolute atomic E-state index is 0.186. The molecular formula is C23H24N2S. The Morgan fingerprint density at radius 1 is 0.923 bits per heavy atom. The SMILES string of the molecule is CC1(c2cccc(CCc3ccc4ccccc4c3)c2)CCSC(N)=N1. The highest BCUT2D eigenvalue weighted by molar-refractivity contribution is 8.13. The number of amidine groups is 1. The van der Waals surface area contributed by atoms with Gasteiger partial charge in [-0.25, -0.2) is 0 Å². The maximum absolute atomic E-state index is 5.98. The van der Waals surface area contributed by atoms with Crippen LogP contribution in [-0.2, 0) is 18.4 Å². The molecule has 2 nitrogen and oxygen atoms in total. The zero-order valence-electron chi connectivity index (χ0n) is 15.1. The first-order valence-electron chi connectivity index (χ1n) is 9.18. The fourth-order valence-corrected chi connectivity index (χ4v) is 4.61. The summed E-state index contributed by atoms with van der Waals surface area (Å²) in [4.78, 5) is 4.74. The third-order valence-electron chi connectivity index (χ3n) is 5.26. The van der Waals surface area contributed by atoms with E-state index in [9.17, 15) is 0 Å². The van der Waals surface area contributed by atoms with E-state index in [0.717, 1.165) is 25.0 Å². The van der Waals surface area contributed by atoms with E-state index in [2.05, 4.69) is 73.7 Å². The van der Waals surface area contributed by atoms with Crippen molar-refractivity contribution in [2.45, 2.75) is 31.7 Å². The molecule has 3 heteroatoms. The van der Waals surface area contributed by atoms with Crippen LogP contribution >= 0.6 is 11.8 Å². The maximum Gasteiger partial charge on any atom is 0.154 e. The molecule has 0 spiro atoms. The molecule has 2 N–H and O–H groups in total. The molecule has 3 aromatic rings. The van der Waals surface area contributed by atoms with Crippen LogP contribution in [0.5, 0.6) is 0 Å². The first kappa shape index (κ1) is 17.2. The van der Waals surface area contributed by atoms with Gasteiger partial charge in [-0.1, -0.05) is 78.5 Å². The van der Waals surface area contributed by atoms with Gasteiger partial charge in [-0.3, -0.25) is 4.99 Å². The van der Waals surface area contributed by atoms with Gasteiger partial charge in [0.25, 0.3) is 0 Å². The van der Waals surface area contributed by atoms with Gasteiger partial charge in [0.15, 0.2) is 5.17 Å². The number of rotatable bonds is 4. The summed E-state index contributed by atoms with van der Waals surface area (Å²) in [5.74, 6) is 1.03. The summed E-state index contributed by atoms with van der Waals surface area (Å²) in [6.07, 6.45) is 3.12. The highest BCUT2D eigenvalue weighted by Gasteiger charge is 2.29. The average Bonchev–Trinajstić information content (AvgIpc) is 2.66. The van der Waals surface area contributed by atoms with Gasteiger partial charge in [0.2, 0.25) is 0 Å². The van der Waals surface area contributed by atoms with Crippen LogP contribution in [0, 0.1) is 0 Å². The van der Waals surface area contributed by atoms with Gasteiger partial charge < -0.3 is 5.73 Å². The van der Waals surface area contributed by atoms with Crippen molar-refractivity contribution in [3.63, 3.8) is 0 Å². The molecule has 3 aromatic carbocycles. The number of hydrogen-bond acceptors (Lipinski definition) is 3. The molecule has 0 bridgehead atoms. The van der Waals surface area contributed by atoms with E-state index < -0.39 is 0 Å². The van der Waals surface area contributed by atoms with Gasteiger partial charge in [0, 0.05) is 5.75 Å². The Balaban J connectivity index is 1.52. The van der Waals surface area contributed by atoms with Crippen molar-refractivity contribution < 1.29 is 0 Å². The fraction of sp³-hybridized carbons (Fsp3) is 0.261. The topological polar surface area (TPSA) is 38.4 Å². The summed E-state index contributed by atoms with van der Waals surface area (Å²) in [5.41, 5.74) is 9.82. The Hall–Kier alpha value is -2.26. The Kier molecular flexibility index (Phi) is 4.73. The standard InChI is InChI=1S/C23H24N2S/c1-23(13-14-26-22(24)25-23)21-8-4-5-17(16-21)9-10-18-11-12-19-6-2-3-7-20(19)15-18/h2-8,11-12,15-16H,9-10,13-14H2,1H3,(H2,24,25). The largest absolute Gasteiger partial charge is 0.379 e. The number of benzene rings is 3. The highest BCUT2D eigenvalue weighted by atomic mass is 32.2. The molecule has 26 heavy (non-hydrogen) atoms. The van der Waals surface area contributed by atoms with Crippen molar-refractivity contribution in [3.05, 3.63) is 83.4 Å². The van der Waals surface area contributed by atoms with Crippen molar-refractivity contribution in [1.29, 1.82) is 0 Å². The van der Waals surface area contributed by atoms with Crippen molar-refractivity contribution in [3.8, 4) is 0 Å². The average molecular weight is 361 g/mol. The zero-order valence-corrected chi connectivity index (χ0v) is 15.9. The molecule has 1 aliphatic heterocycles. The Morgan fingerprint density at radius 3 is 2.50 bits per heavy atom. The summed E-state index contributed by atoms with van der Waals surface area (Å²) in [5, 5.41) is 3.33. The minimum atomic E-state index is -0.186. The first-order valence-corrected chi connectivity index (χ1v) is 10.2. The summed E-state index contributed by atoms with van der Waals surface area (Å²) in [6.45, 7) is 2.20. The van der Waals surface area contributed by atoms with Crippen LogP contribution in [0.2, 0.25) is 0 Å². The number of aliphatic imine (C=N–C) groups is 1. The molecule has 0 saturated carbocycles. The predicted molar refractivity (Wildman–Crippen MR) is 114 cm³/mol. The zero-order chi connectivity index (χ0) is 18.0. The van der Waals surface area contributed by atoms with E-state index in [1.165, 1.54) is 27.5 Å². The van der Waals surface area contributed by atoms with Gasteiger partial charge >= 0.3 is 0 Å². The van der Waals surface area contributed by atoms with Gasteiger partial charge in [0.05, 0.1) is 5.54 Å². The smallest absolute Gasteiger partial charge is 0.154 e. The van der Waals surface area contributed by atoms with E-state index in [0.29, 0.717) is 5.17 Å². The summed E-state index contributed by atoms with van der Waals surface area (Å²) in [7, 11) is 0. The second-order valence-corrected chi connectivity index (χ2v) is 8.32. The van der Waals surface area contributed by atoms with Gasteiger partial charge in [-0.15, -0.1) is 0 Å². The number of fused-ring (bicyclic) bond motifs is 1. The van der Waals surface area contributed by atoms with Crippen molar-refractivity contribution >= 4 is 27.7 Å². The van der Waals surface area contributed by atoms with Crippen LogP contribution in [0.3, 0.4) is 0 Å². The first-order chi connectivity index (χ1) is 12.6. The Morgan fingerprint density at radius 2 is 1.69 bits per heavy atom.